The van der Waals surface area contributed by atoms with Crippen LogP contribution in [0.1, 0.15) is 18.2 Å². The van der Waals surface area contributed by atoms with Crippen LogP contribution in [-0.2, 0) is 6.42 Å². The van der Waals surface area contributed by atoms with Crippen molar-refractivity contribution in [2.45, 2.75) is 26.4 Å². The zero-order chi connectivity index (χ0) is 12.7. The summed E-state index contributed by atoms with van der Waals surface area (Å²) < 4.78 is 19.4. The second kappa shape index (κ2) is 4.09. The zero-order valence-electron chi connectivity index (χ0n) is 10.4. The van der Waals surface area contributed by atoms with Gasteiger partial charge in [0, 0.05) is 23.2 Å². The molecule has 1 aliphatic rings. The third-order valence-electron chi connectivity index (χ3n) is 3.12. The Morgan fingerprint density at radius 2 is 2.17 bits per heavy atom. The van der Waals surface area contributed by atoms with Crippen LogP contribution >= 0.6 is 0 Å². The summed E-state index contributed by atoms with van der Waals surface area (Å²) in [6.45, 7) is 3.91. The molecule has 1 unspecified atom stereocenters. The van der Waals surface area contributed by atoms with Gasteiger partial charge in [0.1, 0.15) is 17.7 Å². The van der Waals surface area contributed by atoms with E-state index in [1.165, 1.54) is 6.07 Å². The van der Waals surface area contributed by atoms with Gasteiger partial charge in [-0.1, -0.05) is 6.07 Å². The van der Waals surface area contributed by atoms with Gasteiger partial charge in [0.15, 0.2) is 0 Å². The van der Waals surface area contributed by atoms with Crippen LogP contribution < -0.4 is 4.74 Å². The fourth-order valence-electron chi connectivity index (χ4n) is 2.38. The summed E-state index contributed by atoms with van der Waals surface area (Å²) in [5.74, 6) is 0.548. The van der Waals surface area contributed by atoms with Crippen molar-refractivity contribution in [3.63, 3.8) is 0 Å². The van der Waals surface area contributed by atoms with Crippen LogP contribution in [0, 0.1) is 12.7 Å². The number of nitrogens with zero attached hydrogens (tertiary/aromatic N) is 1. The van der Waals surface area contributed by atoms with Crippen molar-refractivity contribution < 1.29 is 9.13 Å². The molecular formula is C15H14FNO. The van der Waals surface area contributed by atoms with Crippen molar-refractivity contribution in [3.8, 4) is 17.0 Å². The molecular weight excluding hydrogens is 229 g/mol. The molecule has 0 spiro atoms. The first-order valence-corrected chi connectivity index (χ1v) is 6.06. The van der Waals surface area contributed by atoms with Crippen LogP contribution in [0.4, 0.5) is 4.39 Å². The summed E-state index contributed by atoms with van der Waals surface area (Å²) in [5, 5.41) is 0. The van der Waals surface area contributed by atoms with E-state index in [0.717, 1.165) is 34.7 Å². The summed E-state index contributed by atoms with van der Waals surface area (Å²) in [6, 6.07) is 8.78. The minimum absolute atomic E-state index is 0.102. The molecule has 18 heavy (non-hydrogen) atoms. The van der Waals surface area contributed by atoms with Crippen LogP contribution in [0.15, 0.2) is 30.3 Å². The minimum atomic E-state index is -0.232. The van der Waals surface area contributed by atoms with Crippen LogP contribution in [0.2, 0.25) is 0 Å². The lowest BCUT2D eigenvalue weighted by Crippen LogP contribution is -2.05. The van der Waals surface area contributed by atoms with Crippen molar-refractivity contribution in [2.75, 3.05) is 0 Å². The summed E-state index contributed by atoms with van der Waals surface area (Å²) in [4.78, 5) is 4.44. The Morgan fingerprint density at radius 3 is 2.94 bits per heavy atom. The van der Waals surface area contributed by atoms with Gasteiger partial charge in [-0.3, -0.25) is 4.98 Å². The molecule has 0 bridgehead atoms. The Morgan fingerprint density at radius 1 is 1.33 bits per heavy atom. The first-order chi connectivity index (χ1) is 8.63. The number of hydrogen-bond donors (Lipinski definition) is 0. The molecule has 0 radical (unpaired) electrons. The predicted octanol–water partition coefficient (Wildman–Crippen LogP) is 3.52. The number of halogens is 1. The van der Waals surface area contributed by atoms with E-state index in [2.05, 4.69) is 4.98 Å². The number of ether oxygens (including phenoxy) is 1. The summed E-state index contributed by atoms with van der Waals surface area (Å²) >= 11 is 0. The maximum atomic E-state index is 13.7. The molecule has 0 fully saturated rings. The molecule has 1 atom stereocenters. The molecule has 1 aromatic heterocycles. The standard InChI is InChI=1S/C15H14FNO/c1-9-4-3-5-14(17-9)13-8-12(16)7-11-6-10(2)18-15(11)13/h3-5,7-8,10H,6H2,1-2H3. The van der Waals surface area contributed by atoms with Gasteiger partial charge >= 0.3 is 0 Å². The highest BCUT2D eigenvalue weighted by atomic mass is 19.1. The molecule has 92 valence electrons. The lowest BCUT2D eigenvalue weighted by molar-refractivity contribution is 0.255. The van der Waals surface area contributed by atoms with Gasteiger partial charge in [0.25, 0.3) is 0 Å². The molecule has 1 aliphatic heterocycles. The van der Waals surface area contributed by atoms with Gasteiger partial charge in [0.05, 0.1) is 5.69 Å². The quantitative estimate of drug-likeness (QED) is 0.764. The topological polar surface area (TPSA) is 22.1 Å². The Labute approximate surface area is 105 Å². The second-order valence-corrected chi connectivity index (χ2v) is 4.74. The number of benzene rings is 1. The Hall–Kier alpha value is -1.90. The molecule has 3 rings (SSSR count). The first-order valence-electron chi connectivity index (χ1n) is 6.06. The van der Waals surface area contributed by atoms with Crippen LogP contribution in [0.25, 0.3) is 11.3 Å². The molecule has 0 aliphatic carbocycles. The first kappa shape index (κ1) is 11.2. The van der Waals surface area contributed by atoms with Gasteiger partial charge in [0.2, 0.25) is 0 Å². The average molecular weight is 243 g/mol. The highest BCUT2D eigenvalue weighted by Crippen LogP contribution is 2.38. The van der Waals surface area contributed by atoms with Crippen LogP contribution in [0.3, 0.4) is 0 Å². The monoisotopic (exact) mass is 243 g/mol. The summed E-state index contributed by atoms with van der Waals surface area (Å²) in [6.07, 6.45) is 0.858. The van der Waals surface area contributed by atoms with E-state index in [9.17, 15) is 4.39 Å². The van der Waals surface area contributed by atoms with Crippen LogP contribution in [0.5, 0.6) is 5.75 Å². The van der Waals surface area contributed by atoms with Gasteiger partial charge in [-0.25, -0.2) is 4.39 Å². The maximum Gasteiger partial charge on any atom is 0.132 e. The van der Waals surface area contributed by atoms with Gasteiger partial charge < -0.3 is 4.74 Å². The van der Waals surface area contributed by atoms with Gasteiger partial charge in [-0.15, -0.1) is 0 Å². The van der Waals surface area contributed by atoms with E-state index >= 15 is 0 Å². The molecule has 0 saturated carbocycles. The van der Waals surface area contributed by atoms with Crippen molar-refractivity contribution in [1.82, 2.24) is 4.98 Å². The Kier molecular flexibility index (Phi) is 2.54. The fourth-order valence-corrected chi connectivity index (χ4v) is 2.38. The maximum absolute atomic E-state index is 13.7. The number of hydrogen-bond acceptors (Lipinski definition) is 2. The Bertz CT molecular complexity index is 609. The fraction of sp³-hybridized carbons (Fsp3) is 0.267. The van der Waals surface area contributed by atoms with E-state index in [1.807, 2.05) is 32.0 Å². The van der Waals surface area contributed by atoms with E-state index in [0.29, 0.717) is 0 Å². The second-order valence-electron chi connectivity index (χ2n) is 4.74. The molecule has 0 amide bonds. The number of fused-ring (bicyclic) bond motifs is 1. The minimum Gasteiger partial charge on any atom is -0.489 e. The van der Waals surface area contributed by atoms with Gasteiger partial charge in [-0.05, 0) is 38.1 Å². The molecule has 2 aromatic rings. The molecule has 2 nitrogen and oxygen atoms in total. The highest BCUT2D eigenvalue weighted by molar-refractivity contribution is 5.70. The lowest BCUT2D eigenvalue weighted by atomic mass is 10.0. The lowest BCUT2D eigenvalue weighted by Gasteiger charge is -2.09. The van der Waals surface area contributed by atoms with E-state index in [4.69, 9.17) is 4.74 Å². The molecule has 0 saturated heterocycles. The molecule has 2 heterocycles. The number of aromatic nitrogens is 1. The van der Waals surface area contributed by atoms with Crippen molar-refractivity contribution in [1.29, 1.82) is 0 Å². The number of pyridine rings is 1. The zero-order valence-corrected chi connectivity index (χ0v) is 10.4. The molecule has 1 aromatic carbocycles. The van der Waals surface area contributed by atoms with Crippen molar-refractivity contribution >= 4 is 0 Å². The van der Waals surface area contributed by atoms with E-state index in [1.54, 1.807) is 6.07 Å². The molecule has 3 heteroatoms. The van der Waals surface area contributed by atoms with Crippen molar-refractivity contribution in [2.24, 2.45) is 0 Å². The summed E-state index contributed by atoms with van der Waals surface area (Å²) in [5.41, 5.74) is 3.36. The number of aryl methyl sites for hydroxylation is 1. The largest absolute Gasteiger partial charge is 0.489 e. The highest BCUT2D eigenvalue weighted by Gasteiger charge is 2.24. The van der Waals surface area contributed by atoms with E-state index in [-0.39, 0.29) is 11.9 Å². The predicted molar refractivity (Wildman–Crippen MR) is 68.2 cm³/mol. The smallest absolute Gasteiger partial charge is 0.132 e. The van der Waals surface area contributed by atoms with Gasteiger partial charge in [-0.2, -0.15) is 0 Å². The Balaban J connectivity index is 2.18. The molecule has 0 N–H and O–H groups in total. The SMILES string of the molecule is Cc1cccc(-c2cc(F)cc3c2OC(C)C3)n1. The third kappa shape index (κ3) is 1.86. The van der Waals surface area contributed by atoms with Crippen molar-refractivity contribution in [3.05, 3.63) is 47.4 Å². The van der Waals surface area contributed by atoms with E-state index < -0.39 is 0 Å². The number of rotatable bonds is 1. The normalized spacial score (nSPS) is 17.4. The summed E-state index contributed by atoms with van der Waals surface area (Å²) in [7, 11) is 0. The average Bonchev–Trinajstić information content (AvgIpc) is 2.68. The van der Waals surface area contributed by atoms with Crippen LogP contribution in [-0.4, -0.2) is 11.1 Å². The third-order valence-corrected chi connectivity index (χ3v) is 3.12.